The molecule has 0 amide bonds. The van der Waals surface area contributed by atoms with Gasteiger partial charge in [-0.2, -0.15) is 0 Å². The normalized spacial score (nSPS) is 9.94. The van der Waals surface area contributed by atoms with Gasteiger partial charge in [-0.25, -0.2) is 0 Å². The summed E-state index contributed by atoms with van der Waals surface area (Å²) in [5, 5.41) is 3.38. The molecule has 0 unspecified atom stereocenters. The number of halogens is 1. The molecule has 0 atom stereocenters. The molecular formula is C14H20ClN. The Morgan fingerprint density at radius 1 is 1.38 bits per heavy atom. The third-order valence-electron chi connectivity index (χ3n) is 2.34. The number of allylic oxidation sites excluding steroid dienone is 1. The summed E-state index contributed by atoms with van der Waals surface area (Å²) in [7, 11) is 0. The van der Waals surface area contributed by atoms with Crippen LogP contribution in [0.3, 0.4) is 0 Å². The van der Waals surface area contributed by atoms with Crippen molar-refractivity contribution >= 4 is 17.3 Å². The molecule has 16 heavy (non-hydrogen) atoms. The fourth-order valence-electron chi connectivity index (χ4n) is 1.48. The first kappa shape index (κ1) is 13.1. The van der Waals surface area contributed by atoms with E-state index in [1.807, 2.05) is 0 Å². The van der Waals surface area contributed by atoms with E-state index in [1.165, 1.54) is 16.8 Å². The van der Waals surface area contributed by atoms with Gasteiger partial charge in [0.05, 0.1) is 0 Å². The zero-order chi connectivity index (χ0) is 11.8. The molecule has 1 aromatic carbocycles. The molecule has 1 N–H and O–H groups in total. The number of alkyl halides is 1. The van der Waals surface area contributed by atoms with Gasteiger partial charge in [-0.3, -0.25) is 0 Å². The third kappa shape index (κ3) is 5.22. The van der Waals surface area contributed by atoms with E-state index >= 15 is 0 Å². The minimum Gasteiger partial charge on any atom is -0.382 e. The maximum atomic E-state index is 5.69. The second-order valence-corrected chi connectivity index (χ2v) is 4.53. The minimum atomic E-state index is 0.732. The molecule has 0 aromatic heterocycles. The van der Waals surface area contributed by atoms with Crippen molar-refractivity contribution in [3.05, 3.63) is 41.5 Å². The van der Waals surface area contributed by atoms with Gasteiger partial charge in [0.25, 0.3) is 0 Å². The molecule has 0 spiro atoms. The number of aryl methyl sites for hydroxylation is 1. The van der Waals surface area contributed by atoms with E-state index in [0.29, 0.717) is 0 Å². The Bertz CT molecular complexity index is 340. The maximum absolute atomic E-state index is 5.69. The highest BCUT2D eigenvalue weighted by Gasteiger charge is 1.95. The zero-order valence-electron chi connectivity index (χ0n) is 10.1. The largest absolute Gasteiger partial charge is 0.382 e. The lowest BCUT2D eigenvalue weighted by molar-refractivity contribution is 0.929. The summed E-state index contributed by atoms with van der Waals surface area (Å²) in [6.07, 6.45) is 4.28. The lowest BCUT2D eigenvalue weighted by Crippen LogP contribution is -1.99. The molecular weight excluding hydrogens is 218 g/mol. The van der Waals surface area contributed by atoms with Crippen LogP contribution < -0.4 is 5.32 Å². The predicted octanol–water partition coefficient (Wildman–Crippen LogP) is 4.24. The highest BCUT2D eigenvalue weighted by molar-refractivity contribution is 6.17. The lowest BCUT2D eigenvalue weighted by Gasteiger charge is -2.06. The van der Waals surface area contributed by atoms with E-state index in [1.54, 1.807) is 0 Å². The van der Waals surface area contributed by atoms with Gasteiger partial charge in [-0.15, -0.1) is 11.6 Å². The first-order valence-electron chi connectivity index (χ1n) is 5.74. The summed E-state index contributed by atoms with van der Waals surface area (Å²) in [5.41, 5.74) is 3.87. The van der Waals surface area contributed by atoms with Gasteiger partial charge in [-0.1, -0.05) is 23.8 Å². The molecule has 88 valence electrons. The topological polar surface area (TPSA) is 12.0 Å². The molecule has 0 saturated carbocycles. The predicted molar refractivity (Wildman–Crippen MR) is 73.4 cm³/mol. The molecule has 0 fully saturated rings. The number of nitrogens with one attached hydrogen (secondary N) is 1. The molecule has 1 aromatic rings. The Morgan fingerprint density at radius 3 is 2.88 bits per heavy atom. The second-order valence-electron chi connectivity index (χ2n) is 4.16. The molecule has 0 heterocycles. The summed E-state index contributed by atoms with van der Waals surface area (Å²) >= 11 is 5.69. The highest BCUT2D eigenvalue weighted by atomic mass is 35.5. The van der Waals surface area contributed by atoms with Crippen molar-refractivity contribution in [2.24, 2.45) is 0 Å². The van der Waals surface area contributed by atoms with Crippen LogP contribution in [0.5, 0.6) is 0 Å². The average molecular weight is 238 g/mol. The van der Waals surface area contributed by atoms with Crippen LogP contribution in [0.2, 0.25) is 0 Å². The number of hydrogen-bond acceptors (Lipinski definition) is 1. The van der Waals surface area contributed by atoms with Crippen molar-refractivity contribution in [2.45, 2.75) is 26.7 Å². The van der Waals surface area contributed by atoms with Crippen molar-refractivity contribution in [2.75, 3.05) is 17.7 Å². The summed E-state index contributed by atoms with van der Waals surface area (Å²) in [6.45, 7) is 5.11. The van der Waals surface area contributed by atoms with Gasteiger partial charge in [0.2, 0.25) is 0 Å². The van der Waals surface area contributed by atoms with E-state index in [9.17, 15) is 0 Å². The molecule has 0 saturated heterocycles. The van der Waals surface area contributed by atoms with Gasteiger partial charge in [0.1, 0.15) is 0 Å². The molecule has 0 aliphatic heterocycles. The van der Waals surface area contributed by atoms with Gasteiger partial charge in [0.15, 0.2) is 0 Å². The second kappa shape index (κ2) is 7.34. The number of anilines is 1. The Kier molecular flexibility index (Phi) is 6.02. The van der Waals surface area contributed by atoms with Crippen LogP contribution in [-0.4, -0.2) is 12.4 Å². The Labute approximate surface area is 104 Å². The zero-order valence-corrected chi connectivity index (χ0v) is 10.8. The molecule has 2 heteroatoms. The van der Waals surface area contributed by atoms with E-state index in [0.717, 1.165) is 25.3 Å². The van der Waals surface area contributed by atoms with E-state index in [2.05, 4.69) is 49.5 Å². The maximum Gasteiger partial charge on any atom is 0.0345 e. The molecule has 1 rings (SSSR count). The van der Waals surface area contributed by atoms with Crippen LogP contribution in [0.25, 0.3) is 0 Å². The Hall–Kier alpha value is -0.950. The van der Waals surface area contributed by atoms with Crippen LogP contribution in [-0.2, 0) is 6.42 Å². The summed E-state index contributed by atoms with van der Waals surface area (Å²) in [4.78, 5) is 0. The smallest absolute Gasteiger partial charge is 0.0345 e. The highest BCUT2D eigenvalue weighted by Crippen LogP contribution is 2.12. The standard InChI is InChI=1S/C14H20ClN/c1-12(2)8-10-16-14-7-3-5-13(11-14)6-4-9-15/h3,5,7-8,11,16H,4,6,9-10H2,1-2H3. The van der Waals surface area contributed by atoms with Crippen molar-refractivity contribution in [3.8, 4) is 0 Å². The fourth-order valence-corrected chi connectivity index (χ4v) is 1.61. The number of rotatable bonds is 6. The first-order valence-corrected chi connectivity index (χ1v) is 6.28. The van der Waals surface area contributed by atoms with Gasteiger partial charge < -0.3 is 5.32 Å². The lowest BCUT2D eigenvalue weighted by atomic mass is 10.1. The molecule has 0 bridgehead atoms. The van der Waals surface area contributed by atoms with Crippen LogP contribution in [0.1, 0.15) is 25.8 Å². The Balaban J connectivity index is 2.50. The molecule has 1 nitrogen and oxygen atoms in total. The van der Waals surface area contributed by atoms with Crippen LogP contribution in [0.4, 0.5) is 5.69 Å². The summed E-state index contributed by atoms with van der Waals surface area (Å²) in [6, 6.07) is 8.54. The van der Waals surface area contributed by atoms with Gasteiger partial charge in [-0.05, 0) is 44.4 Å². The third-order valence-corrected chi connectivity index (χ3v) is 2.61. The minimum absolute atomic E-state index is 0.732. The van der Waals surface area contributed by atoms with Crippen LogP contribution in [0.15, 0.2) is 35.9 Å². The SMILES string of the molecule is CC(C)=CCNc1cccc(CCCCl)c1. The van der Waals surface area contributed by atoms with Crippen LogP contribution >= 0.6 is 11.6 Å². The first-order chi connectivity index (χ1) is 7.72. The van der Waals surface area contributed by atoms with Crippen LogP contribution in [0, 0.1) is 0 Å². The van der Waals surface area contributed by atoms with E-state index in [-0.39, 0.29) is 0 Å². The van der Waals surface area contributed by atoms with Crippen molar-refractivity contribution in [1.29, 1.82) is 0 Å². The van der Waals surface area contributed by atoms with E-state index in [4.69, 9.17) is 11.6 Å². The number of benzene rings is 1. The monoisotopic (exact) mass is 237 g/mol. The van der Waals surface area contributed by atoms with E-state index < -0.39 is 0 Å². The quantitative estimate of drug-likeness (QED) is 0.577. The van der Waals surface area contributed by atoms with Gasteiger partial charge >= 0.3 is 0 Å². The van der Waals surface area contributed by atoms with Gasteiger partial charge in [0, 0.05) is 18.1 Å². The van der Waals surface area contributed by atoms with Crippen molar-refractivity contribution in [1.82, 2.24) is 0 Å². The molecule has 0 radical (unpaired) electrons. The van der Waals surface area contributed by atoms with Crippen molar-refractivity contribution in [3.63, 3.8) is 0 Å². The van der Waals surface area contributed by atoms with Crippen molar-refractivity contribution < 1.29 is 0 Å². The molecule has 0 aliphatic carbocycles. The average Bonchev–Trinajstić information content (AvgIpc) is 2.26. The fraction of sp³-hybridized carbons (Fsp3) is 0.429. The molecule has 0 aliphatic rings. The summed E-state index contributed by atoms with van der Waals surface area (Å²) < 4.78 is 0. The summed E-state index contributed by atoms with van der Waals surface area (Å²) in [5.74, 6) is 0.732. The Morgan fingerprint density at radius 2 is 2.19 bits per heavy atom. The number of hydrogen-bond donors (Lipinski definition) is 1.